The fraction of sp³-hybridized carbons (Fsp3) is 0.400. The van der Waals surface area contributed by atoms with Crippen molar-refractivity contribution in [1.29, 1.82) is 0 Å². The van der Waals surface area contributed by atoms with Crippen molar-refractivity contribution < 1.29 is 15.0 Å². The Labute approximate surface area is 108 Å². The van der Waals surface area contributed by atoms with Crippen LogP contribution in [0.2, 0.25) is 0 Å². The second-order valence-electron chi connectivity index (χ2n) is 5.49. The first-order valence-electron chi connectivity index (χ1n) is 5.93. The largest absolute Gasteiger partial charge is 0.481 e. The minimum absolute atomic E-state index is 0.306. The molecule has 0 aliphatic rings. The summed E-state index contributed by atoms with van der Waals surface area (Å²) >= 11 is 0. The molecule has 0 aliphatic carbocycles. The highest BCUT2D eigenvalue weighted by molar-refractivity contribution is 5.69. The lowest BCUT2D eigenvalue weighted by Crippen LogP contribution is -2.42. The molecular formula is C15H20O3. The molecule has 0 fully saturated rings. The monoisotopic (exact) mass is 248 g/mol. The molecule has 0 amide bonds. The van der Waals surface area contributed by atoms with E-state index in [1.54, 1.807) is 12.2 Å². The second-order valence-corrected chi connectivity index (χ2v) is 5.49. The quantitative estimate of drug-likeness (QED) is 0.861. The van der Waals surface area contributed by atoms with Gasteiger partial charge >= 0.3 is 5.97 Å². The molecule has 1 aromatic rings. The fourth-order valence-electron chi connectivity index (χ4n) is 1.60. The van der Waals surface area contributed by atoms with Crippen LogP contribution in [0.15, 0.2) is 36.4 Å². The molecule has 0 aromatic heterocycles. The van der Waals surface area contributed by atoms with Gasteiger partial charge in [0.25, 0.3) is 0 Å². The maximum absolute atomic E-state index is 10.9. The third-order valence-corrected chi connectivity index (χ3v) is 3.07. The van der Waals surface area contributed by atoms with E-state index in [9.17, 15) is 9.90 Å². The number of aliphatic carboxylic acids is 1. The van der Waals surface area contributed by atoms with E-state index in [0.29, 0.717) is 0 Å². The van der Waals surface area contributed by atoms with Crippen LogP contribution in [0.5, 0.6) is 0 Å². The Morgan fingerprint density at radius 1 is 1.22 bits per heavy atom. The highest BCUT2D eigenvalue weighted by atomic mass is 16.4. The Hall–Kier alpha value is -1.61. The summed E-state index contributed by atoms with van der Waals surface area (Å²) in [6.45, 7) is 5.47. The standard InChI is InChI=1S/C15H20O3/c1-14(2,3)15(18,11-13(16)17)10-9-12-7-5-4-6-8-12/h4-10,18H,11H2,1-3H3,(H,16,17)/b10-9+. The van der Waals surface area contributed by atoms with E-state index < -0.39 is 17.0 Å². The van der Waals surface area contributed by atoms with E-state index in [0.717, 1.165) is 5.56 Å². The average molecular weight is 248 g/mol. The van der Waals surface area contributed by atoms with Gasteiger partial charge in [0.1, 0.15) is 0 Å². The van der Waals surface area contributed by atoms with Gasteiger partial charge in [-0.1, -0.05) is 63.3 Å². The molecule has 1 atom stereocenters. The maximum Gasteiger partial charge on any atom is 0.306 e. The van der Waals surface area contributed by atoms with Crippen LogP contribution >= 0.6 is 0 Å². The highest BCUT2D eigenvalue weighted by Crippen LogP contribution is 2.35. The van der Waals surface area contributed by atoms with Crippen molar-refractivity contribution in [2.75, 3.05) is 0 Å². The Morgan fingerprint density at radius 2 is 1.78 bits per heavy atom. The first kappa shape index (κ1) is 14.5. The van der Waals surface area contributed by atoms with E-state index in [-0.39, 0.29) is 6.42 Å². The van der Waals surface area contributed by atoms with E-state index in [1.807, 2.05) is 51.1 Å². The summed E-state index contributed by atoms with van der Waals surface area (Å²) < 4.78 is 0. The summed E-state index contributed by atoms with van der Waals surface area (Å²) in [4.78, 5) is 10.9. The fourth-order valence-corrected chi connectivity index (χ4v) is 1.60. The van der Waals surface area contributed by atoms with Gasteiger partial charge in [-0.25, -0.2) is 0 Å². The first-order valence-corrected chi connectivity index (χ1v) is 5.93. The lowest BCUT2D eigenvalue weighted by Gasteiger charge is -2.36. The molecule has 0 heterocycles. The summed E-state index contributed by atoms with van der Waals surface area (Å²) in [6.07, 6.45) is 3.03. The van der Waals surface area contributed by atoms with Gasteiger partial charge in [-0.05, 0) is 11.0 Å². The van der Waals surface area contributed by atoms with Gasteiger partial charge in [0, 0.05) is 0 Å². The summed E-state index contributed by atoms with van der Waals surface area (Å²) in [5.41, 5.74) is -0.976. The van der Waals surface area contributed by atoms with Crippen LogP contribution < -0.4 is 0 Å². The number of hydrogen-bond acceptors (Lipinski definition) is 2. The van der Waals surface area contributed by atoms with Crippen molar-refractivity contribution in [3.63, 3.8) is 0 Å². The van der Waals surface area contributed by atoms with Gasteiger partial charge in [-0.15, -0.1) is 0 Å². The van der Waals surface area contributed by atoms with Crippen LogP contribution in [0.25, 0.3) is 6.08 Å². The first-order chi connectivity index (χ1) is 8.24. The Morgan fingerprint density at radius 3 is 2.22 bits per heavy atom. The molecule has 0 aliphatic heterocycles. The Bertz CT molecular complexity index is 429. The summed E-state index contributed by atoms with van der Waals surface area (Å²) in [5, 5.41) is 19.4. The molecule has 1 aromatic carbocycles. The molecule has 0 saturated carbocycles. The van der Waals surface area contributed by atoms with E-state index in [4.69, 9.17) is 5.11 Å². The number of rotatable bonds is 4. The molecule has 1 unspecified atom stereocenters. The van der Waals surface area contributed by atoms with Crippen LogP contribution in [0, 0.1) is 5.41 Å². The summed E-state index contributed by atoms with van der Waals surface area (Å²) in [7, 11) is 0. The number of carboxylic acids is 1. The normalized spacial score (nSPS) is 15.6. The maximum atomic E-state index is 10.9. The lowest BCUT2D eigenvalue weighted by atomic mass is 9.74. The van der Waals surface area contributed by atoms with Crippen LogP contribution in [0.1, 0.15) is 32.8 Å². The van der Waals surface area contributed by atoms with Crippen molar-refractivity contribution in [3.8, 4) is 0 Å². The van der Waals surface area contributed by atoms with Crippen LogP contribution in [-0.4, -0.2) is 21.8 Å². The Balaban J connectivity index is 2.99. The smallest absolute Gasteiger partial charge is 0.306 e. The highest BCUT2D eigenvalue weighted by Gasteiger charge is 2.39. The van der Waals surface area contributed by atoms with E-state index >= 15 is 0 Å². The summed E-state index contributed by atoms with van der Waals surface area (Å²) in [6, 6.07) is 9.51. The molecule has 18 heavy (non-hydrogen) atoms. The third-order valence-electron chi connectivity index (χ3n) is 3.07. The number of hydrogen-bond donors (Lipinski definition) is 2. The van der Waals surface area contributed by atoms with Gasteiger partial charge in [0.2, 0.25) is 0 Å². The molecule has 3 heteroatoms. The topological polar surface area (TPSA) is 57.5 Å². The molecular weight excluding hydrogens is 228 g/mol. The van der Waals surface area contributed by atoms with Gasteiger partial charge in [0.05, 0.1) is 12.0 Å². The number of benzene rings is 1. The van der Waals surface area contributed by atoms with Gasteiger partial charge in [0.15, 0.2) is 0 Å². The predicted molar refractivity (Wildman–Crippen MR) is 72.1 cm³/mol. The van der Waals surface area contributed by atoms with Crippen molar-refractivity contribution in [1.82, 2.24) is 0 Å². The molecule has 2 N–H and O–H groups in total. The van der Waals surface area contributed by atoms with Crippen molar-refractivity contribution in [2.45, 2.75) is 32.8 Å². The van der Waals surface area contributed by atoms with Crippen LogP contribution in [0.4, 0.5) is 0 Å². The van der Waals surface area contributed by atoms with Crippen molar-refractivity contribution in [3.05, 3.63) is 42.0 Å². The lowest BCUT2D eigenvalue weighted by molar-refractivity contribution is -0.144. The van der Waals surface area contributed by atoms with Crippen LogP contribution in [-0.2, 0) is 4.79 Å². The molecule has 0 saturated heterocycles. The van der Waals surface area contributed by atoms with Gasteiger partial charge < -0.3 is 10.2 Å². The van der Waals surface area contributed by atoms with Crippen molar-refractivity contribution in [2.24, 2.45) is 5.41 Å². The summed E-state index contributed by atoms with van der Waals surface area (Å²) in [5.74, 6) is -1.01. The molecule has 98 valence electrons. The average Bonchev–Trinajstić information content (AvgIpc) is 2.25. The molecule has 3 nitrogen and oxygen atoms in total. The number of carboxylic acid groups (broad SMARTS) is 1. The van der Waals surface area contributed by atoms with E-state index in [1.165, 1.54) is 0 Å². The SMILES string of the molecule is CC(C)(C)C(O)(/C=C/c1ccccc1)CC(=O)O. The molecule has 1 rings (SSSR count). The van der Waals surface area contributed by atoms with Gasteiger partial charge in [-0.2, -0.15) is 0 Å². The minimum Gasteiger partial charge on any atom is -0.481 e. The second kappa shape index (κ2) is 5.36. The minimum atomic E-state index is -1.37. The number of aliphatic hydroxyl groups is 1. The van der Waals surface area contributed by atoms with Crippen molar-refractivity contribution >= 4 is 12.0 Å². The van der Waals surface area contributed by atoms with Gasteiger partial charge in [-0.3, -0.25) is 4.79 Å². The zero-order valence-electron chi connectivity index (χ0n) is 11.1. The zero-order valence-corrected chi connectivity index (χ0v) is 11.1. The van der Waals surface area contributed by atoms with E-state index in [2.05, 4.69) is 0 Å². The zero-order chi connectivity index (χ0) is 13.8. The molecule has 0 spiro atoms. The molecule has 0 radical (unpaired) electrons. The number of carbonyl (C=O) groups is 1. The van der Waals surface area contributed by atoms with Crippen LogP contribution in [0.3, 0.4) is 0 Å². The predicted octanol–water partition coefficient (Wildman–Crippen LogP) is 2.95. The molecule has 0 bridgehead atoms. The Kier molecular flexibility index (Phi) is 4.30. The third kappa shape index (κ3) is 3.70.